The summed E-state index contributed by atoms with van der Waals surface area (Å²) >= 11 is 6.10. The van der Waals surface area contributed by atoms with E-state index in [-0.39, 0.29) is 11.2 Å². The third-order valence-electron chi connectivity index (χ3n) is 0.878. The summed E-state index contributed by atoms with van der Waals surface area (Å²) in [6.07, 6.45) is 0. The van der Waals surface area contributed by atoms with Gasteiger partial charge in [0.15, 0.2) is 0 Å². The van der Waals surface area contributed by atoms with E-state index in [1.54, 1.807) is 0 Å². The van der Waals surface area contributed by atoms with Gasteiger partial charge in [-0.15, -0.1) is 0 Å². The van der Waals surface area contributed by atoms with E-state index >= 15 is 0 Å². The Morgan fingerprint density at radius 3 is 2.62 bits per heavy atom. The van der Waals surface area contributed by atoms with Gasteiger partial charge in [0, 0.05) is 0 Å². The molecule has 4 heteroatoms. The van der Waals surface area contributed by atoms with E-state index in [1.807, 2.05) is 6.92 Å². The van der Waals surface area contributed by atoms with Crippen molar-refractivity contribution in [2.24, 2.45) is 0 Å². The minimum atomic E-state index is 0.0162. The number of thioether (sulfide) groups is 1. The molecule has 1 fully saturated rings. The molecule has 0 aromatic rings. The highest BCUT2D eigenvalue weighted by atomic mass is 32.2. The van der Waals surface area contributed by atoms with Crippen molar-refractivity contribution in [3.8, 4) is 0 Å². The van der Waals surface area contributed by atoms with E-state index in [2.05, 4.69) is 5.32 Å². The second-order valence-corrected chi connectivity index (χ2v) is 3.55. The number of nitrogens with one attached hydrogen (secondary N) is 1. The van der Waals surface area contributed by atoms with E-state index < -0.39 is 0 Å². The second kappa shape index (κ2) is 2.03. The van der Waals surface area contributed by atoms with Crippen molar-refractivity contribution in [2.45, 2.75) is 12.2 Å². The Labute approximate surface area is 57.0 Å². The molecule has 0 unspecified atom stereocenters. The molecule has 44 valence electrons. The first-order valence-corrected chi connectivity index (χ1v) is 3.50. The second-order valence-electron chi connectivity index (χ2n) is 1.54. The number of hydrogen-bond donors (Lipinski definition) is 1. The van der Waals surface area contributed by atoms with Crippen LogP contribution in [-0.4, -0.2) is 15.5 Å². The van der Waals surface area contributed by atoms with Crippen LogP contribution in [0.15, 0.2) is 0 Å². The normalized spacial score (nSPS) is 28.4. The minimum Gasteiger partial charge on any atom is -0.311 e. The van der Waals surface area contributed by atoms with Gasteiger partial charge in [0.25, 0.3) is 0 Å². The average molecular weight is 147 g/mol. The van der Waals surface area contributed by atoms with Crippen molar-refractivity contribution in [1.29, 1.82) is 0 Å². The fourth-order valence-electron chi connectivity index (χ4n) is 0.446. The molecule has 1 rings (SSSR count). The predicted octanol–water partition coefficient (Wildman–Crippen LogP) is 0.523. The highest BCUT2D eigenvalue weighted by Gasteiger charge is 2.23. The zero-order valence-corrected chi connectivity index (χ0v) is 5.94. The summed E-state index contributed by atoms with van der Waals surface area (Å²) in [5.41, 5.74) is 0. The molecule has 0 aromatic carbocycles. The van der Waals surface area contributed by atoms with Gasteiger partial charge in [-0.2, -0.15) is 0 Å². The smallest absolute Gasteiger partial charge is 0.238 e. The van der Waals surface area contributed by atoms with Crippen molar-refractivity contribution in [3.05, 3.63) is 0 Å². The van der Waals surface area contributed by atoms with Crippen LogP contribution in [0, 0.1) is 0 Å². The molecule has 0 bridgehead atoms. The van der Waals surface area contributed by atoms with Crippen molar-refractivity contribution < 1.29 is 4.79 Å². The van der Waals surface area contributed by atoms with Crippen LogP contribution in [0.3, 0.4) is 0 Å². The van der Waals surface area contributed by atoms with Gasteiger partial charge >= 0.3 is 0 Å². The molecule has 0 aromatic heterocycles. The van der Waals surface area contributed by atoms with E-state index in [9.17, 15) is 4.79 Å². The molecule has 0 saturated carbocycles. The molecule has 2 nitrogen and oxygen atoms in total. The van der Waals surface area contributed by atoms with Gasteiger partial charge in [0.2, 0.25) is 5.91 Å². The maximum atomic E-state index is 10.6. The summed E-state index contributed by atoms with van der Waals surface area (Å²) < 4.78 is 0.600. The summed E-state index contributed by atoms with van der Waals surface area (Å²) in [5.74, 6) is 0.0278. The number of thiocarbonyl (C=S) groups is 1. The lowest BCUT2D eigenvalue weighted by Gasteiger charge is -1.87. The molecule has 1 saturated heterocycles. The Kier molecular flexibility index (Phi) is 1.53. The highest BCUT2D eigenvalue weighted by Crippen LogP contribution is 2.17. The van der Waals surface area contributed by atoms with Crippen LogP contribution in [0.2, 0.25) is 0 Å². The Bertz CT molecular complexity index is 145. The summed E-state index contributed by atoms with van der Waals surface area (Å²) in [7, 11) is 0. The number of rotatable bonds is 0. The van der Waals surface area contributed by atoms with Crippen LogP contribution in [0.5, 0.6) is 0 Å². The summed E-state index contributed by atoms with van der Waals surface area (Å²) in [6, 6.07) is 0. The lowest BCUT2D eigenvalue weighted by Crippen LogP contribution is -2.22. The molecular weight excluding hydrogens is 142 g/mol. The van der Waals surface area contributed by atoms with Crippen LogP contribution in [0.25, 0.3) is 0 Å². The van der Waals surface area contributed by atoms with E-state index in [0.29, 0.717) is 4.32 Å². The van der Waals surface area contributed by atoms with Crippen LogP contribution in [0.4, 0.5) is 0 Å². The molecule has 0 spiro atoms. The number of carbonyl (C=O) groups excluding carboxylic acids is 1. The predicted molar refractivity (Wildman–Crippen MR) is 37.8 cm³/mol. The summed E-state index contributed by atoms with van der Waals surface area (Å²) in [6.45, 7) is 1.83. The summed E-state index contributed by atoms with van der Waals surface area (Å²) in [4.78, 5) is 10.6. The molecule has 1 aliphatic heterocycles. The van der Waals surface area contributed by atoms with Crippen molar-refractivity contribution >= 4 is 34.2 Å². The zero-order valence-electron chi connectivity index (χ0n) is 4.30. The van der Waals surface area contributed by atoms with Crippen LogP contribution in [0.1, 0.15) is 6.92 Å². The van der Waals surface area contributed by atoms with Crippen molar-refractivity contribution in [2.75, 3.05) is 0 Å². The molecule has 0 aliphatic carbocycles. The molecule has 1 atom stereocenters. The fraction of sp³-hybridized carbons (Fsp3) is 0.500. The lowest BCUT2D eigenvalue weighted by molar-refractivity contribution is -0.118. The zero-order chi connectivity index (χ0) is 6.15. The van der Waals surface area contributed by atoms with Gasteiger partial charge < -0.3 is 5.32 Å². The van der Waals surface area contributed by atoms with Gasteiger partial charge in [0.1, 0.15) is 4.32 Å². The van der Waals surface area contributed by atoms with E-state index in [4.69, 9.17) is 12.2 Å². The van der Waals surface area contributed by atoms with Crippen LogP contribution < -0.4 is 5.32 Å². The van der Waals surface area contributed by atoms with Gasteiger partial charge in [-0.1, -0.05) is 24.0 Å². The highest BCUT2D eigenvalue weighted by molar-refractivity contribution is 8.24. The minimum absolute atomic E-state index is 0.0162. The van der Waals surface area contributed by atoms with Gasteiger partial charge in [-0.05, 0) is 6.92 Å². The first kappa shape index (κ1) is 6.04. The van der Waals surface area contributed by atoms with Gasteiger partial charge in [-0.3, -0.25) is 4.79 Å². The van der Waals surface area contributed by atoms with Crippen molar-refractivity contribution in [1.82, 2.24) is 5.32 Å². The van der Waals surface area contributed by atoms with Crippen molar-refractivity contribution in [3.63, 3.8) is 0 Å². The van der Waals surface area contributed by atoms with Gasteiger partial charge in [0.05, 0.1) is 5.25 Å². The average Bonchev–Trinajstić information content (AvgIpc) is 1.85. The topological polar surface area (TPSA) is 29.1 Å². The Hall–Kier alpha value is -0.0900. The largest absolute Gasteiger partial charge is 0.311 e. The van der Waals surface area contributed by atoms with Crippen LogP contribution in [-0.2, 0) is 4.79 Å². The molecule has 8 heavy (non-hydrogen) atoms. The van der Waals surface area contributed by atoms with E-state index in [1.165, 1.54) is 11.8 Å². The number of hydrogen-bond acceptors (Lipinski definition) is 3. The molecule has 1 N–H and O–H groups in total. The lowest BCUT2D eigenvalue weighted by atomic mass is 10.5. The monoisotopic (exact) mass is 147 g/mol. The van der Waals surface area contributed by atoms with E-state index in [0.717, 1.165) is 0 Å². The van der Waals surface area contributed by atoms with Gasteiger partial charge in [-0.25, -0.2) is 0 Å². The molecular formula is C4H5NOS2. The fourth-order valence-corrected chi connectivity index (χ4v) is 1.63. The number of amides is 1. The third kappa shape index (κ3) is 1.00. The van der Waals surface area contributed by atoms with Crippen LogP contribution >= 0.6 is 24.0 Å². The number of carbonyl (C=O) groups is 1. The first-order chi connectivity index (χ1) is 3.70. The quantitative estimate of drug-likeness (QED) is 0.506. The maximum Gasteiger partial charge on any atom is 0.238 e. The Morgan fingerprint density at radius 1 is 1.88 bits per heavy atom. The Morgan fingerprint density at radius 2 is 2.50 bits per heavy atom. The summed E-state index contributed by atoms with van der Waals surface area (Å²) in [5, 5.41) is 2.54. The maximum absolute atomic E-state index is 10.6. The molecule has 0 radical (unpaired) electrons. The first-order valence-electron chi connectivity index (χ1n) is 2.21. The third-order valence-corrected chi connectivity index (χ3v) is 2.15. The molecule has 1 aliphatic rings. The molecule has 1 heterocycles. The Balaban J connectivity index is 2.64. The standard InChI is InChI=1S/C4H5NOS2/c1-2-3(6)5-4(7)8-2/h2H,1H3,(H,5,6,7)/t2-/m1/s1. The molecule has 1 amide bonds. The SMILES string of the molecule is C[C@H]1SC(=S)NC1=O.